The van der Waals surface area contributed by atoms with Crippen LogP contribution in [0.2, 0.25) is 0 Å². The van der Waals surface area contributed by atoms with E-state index in [0.29, 0.717) is 6.04 Å². The zero-order valence-corrected chi connectivity index (χ0v) is 24.1. The van der Waals surface area contributed by atoms with Gasteiger partial charge in [-0.25, -0.2) is 0 Å². The minimum atomic E-state index is 0. The molecule has 1 aliphatic heterocycles. The van der Waals surface area contributed by atoms with Gasteiger partial charge < -0.3 is 9.55 Å². The van der Waals surface area contributed by atoms with E-state index in [4.69, 9.17) is 4.98 Å². The second-order valence-corrected chi connectivity index (χ2v) is 10.4. The van der Waals surface area contributed by atoms with Crippen molar-refractivity contribution < 1.29 is 20.1 Å². The zero-order valence-electron chi connectivity index (χ0n) is 21.7. The maximum absolute atomic E-state index is 4.93. The average Bonchev–Trinajstić information content (AvgIpc) is 3.29. The smallest absolute Gasteiger partial charge is 0.0777 e. The quantitative estimate of drug-likeness (QED) is 0.183. The molecule has 37 heavy (non-hydrogen) atoms. The first-order chi connectivity index (χ1) is 17.4. The Morgan fingerprint density at radius 1 is 0.865 bits per heavy atom. The Morgan fingerprint density at radius 3 is 2.19 bits per heavy atom. The van der Waals surface area contributed by atoms with Crippen LogP contribution in [0.3, 0.4) is 0 Å². The molecule has 0 bridgehead atoms. The van der Waals surface area contributed by atoms with Crippen LogP contribution in [0.25, 0.3) is 39.8 Å². The Bertz CT molecular complexity index is 1440. The standard InChI is InChI=1S/C22H23N2.C11H8N.Ir/c1-15-10-12-18-17(14-22(2,3)4)11-13-19-20(18)24(15)21(23-19)16-8-6-5-7-9-16;1-2-6-10(7-3-1)11-8-4-5-9-12-11;/h5-8,10-13,15H,14H2,1-4H3;1-6,8-9H;/q2*-1;. The van der Waals surface area contributed by atoms with Gasteiger partial charge >= 0.3 is 0 Å². The molecule has 0 fully saturated rings. The molecule has 0 spiro atoms. The van der Waals surface area contributed by atoms with Crippen molar-refractivity contribution in [3.05, 3.63) is 114 Å². The number of rotatable bonds is 3. The van der Waals surface area contributed by atoms with Crippen molar-refractivity contribution in [2.24, 2.45) is 5.41 Å². The molecule has 0 N–H and O–H groups in total. The summed E-state index contributed by atoms with van der Waals surface area (Å²) in [6, 6.07) is 33.0. The minimum absolute atomic E-state index is 0. The van der Waals surface area contributed by atoms with E-state index < -0.39 is 0 Å². The molecule has 0 aliphatic carbocycles. The van der Waals surface area contributed by atoms with Crippen molar-refractivity contribution in [1.82, 2.24) is 14.5 Å². The number of pyridine rings is 1. The predicted octanol–water partition coefficient (Wildman–Crippen LogP) is 8.23. The minimum Gasteiger partial charge on any atom is -0.358 e. The van der Waals surface area contributed by atoms with E-state index in [-0.39, 0.29) is 25.5 Å². The van der Waals surface area contributed by atoms with Gasteiger partial charge in [-0.3, -0.25) is 4.98 Å². The third-order valence-electron chi connectivity index (χ3n) is 6.25. The predicted molar refractivity (Wildman–Crippen MR) is 149 cm³/mol. The molecule has 3 aromatic carbocycles. The molecule has 0 amide bonds. The summed E-state index contributed by atoms with van der Waals surface area (Å²) >= 11 is 0. The van der Waals surface area contributed by atoms with Crippen molar-refractivity contribution in [2.45, 2.75) is 40.2 Å². The molecular formula is C33H31IrN3-2. The van der Waals surface area contributed by atoms with Gasteiger partial charge in [0.25, 0.3) is 0 Å². The molecule has 3 nitrogen and oxygen atoms in total. The van der Waals surface area contributed by atoms with Gasteiger partial charge in [0.05, 0.1) is 16.9 Å². The summed E-state index contributed by atoms with van der Waals surface area (Å²) in [6.45, 7) is 9.10. The maximum atomic E-state index is 4.93. The fourth-order valence-corrected chi connectivity index (χ4v) is 4.68. The first-order valence-corrected chi connectivity index (χ1v) is 12.5. The average molecular weight is 662 g/mol. The Balaban J connectivity index is 0.000000208. The maximum Gasteiger partial charge on any atom is 0.0777 e. The third kappa shape index (κ3) is 5.98. The number of benzene rings is 3. The van der Waals surface area contributed by atoms with Gasteiger partial charge in [0.15, 0.2) is 0 Å². The number of aromatic nitrogens is 3. The molecule has 6 rings (SSSR count). The van der Waals surface area contributed by atoms with Gasteiger partial charge in [0.1, 0.15) is 0 Å². The molecule has 4 heteroatoms. The Kier molecular flexibility index (Phi) is 8.22. The zero-order chi connectivity index (χ0) is 25.1. The summed E-state index contributed by atoms with van der Waals surface area (Å²) in [7, 11) is 0. The molecule has 0 saturated heterocycles. The van der Waals surface area contributed by atoms with Gasteiger partial charge in [0.2, 0.25) is 0 Å². The Morgan fingerprint density at radius 2 is 1.57 bits per heavy atom. The number of nitrogens with zero attached hydrogens (tertiary/aromatic N) is 3. The molecular weight excluding hydrogens is 631 g/mol. The first kappa shape index (κ1) is 26.7. The van der Waals surface area contributed by atoms with E-state index in [1.54, 1.807) is 6.20 Å². The summed E-state index contributed by atoms with van der Waals surface area (Å²) < 4.78 is 2.36. The molecule has 0 saturated carbocycles. The third-order valence-corrected chi connectivity index (χ3v) is 6.25. The van der Waals surface area contributed by atoms with Crippen LogP contribution in [0.1, 0.15) is 44.9 Å². The Labute approximate surface area is 233 Å². The number of allylic oxidation sites excluding steroid dienone is 1. The molecule has 2 aromatic heterocycles. The number of hydrogen-bond donors (Lipinski definition) is 0. The van der Waals surface area contributed by atoms with Crippen LogP contribution in [0.15, 0.2) is 91.1 Å². The van der Waals surface area contributed by atoms with Gasteiger partial charge in [-0.05, 0) is 42.1 Å². The van der Waals surface area contributed by atoms with Crippen LogP contribution in [-0.2, 0) is 26.5 Å². The molecule has 3 heterocycles. The van der Waals surface area contributed by atoms with E-state index >= 15 is 0 Å². The van der Waals surface area contributed by atoms with Crippen LogP contribution in [0, 0.1) is 17.5 Å². The van der Waals surface area contributed by atoms with Crippen LogP contribution in [0.5, 0.6) is 0 Å². The van der Waals surface area contributed by atoms with Crippen molar-refractivity contribution in [3.63, 3.8) is 0 Å². The number of imidazole rings is 1. The largest absolute Gasteiger partial charge is 0.358 e. The van der Waals surface area contributed by atoms with Crippen LogP contribution in [0.4, 0.5) is 0 Å². The molecule has 189 valence electrons. The normalized spacial score (nSPS) is 14.0. The molecule has 1 aliphatic rings. The van der Waals surface area contributed by atoms with E-state index in [9.17, 15) is 0 Å². The summed E-state index contributed by atoms with van der Waals surface area (Å²) in [5.41, 5.74) is 8.40. The van der Waals surface area contributed by atoms with Crippen molar-refractivity contribution >= 4 is 17.1 Å². The fraction of sp³-hybridized carbons (Fsp3) is 0.212. The van der Waals surface area contributed by atoms with Crippen molar-refractivity contribution in [3.8, 4) is 22.6 Å². The SMILES string of the molecule is CC1C=Cc2c(CC(C)(C)C)ccc3nc(-c4[c-]cccc4)n1c23.[Ir].[c-]1ccccc1-c1ccccn1. The van der Waals surface area contributed by atoms with Crippen molar-refractivity contribution in [1.29, 1.82) is 0 Å². The number of hydrogen-bond acceptors (Lipinski definition) is 2. The van der Waals surface area contributed by atoms with E-state index in [1.165, 1.54) is 16.6 Å². The summed E-state index contributed by atoms with van der Waals surface area (Å²) in [6.07, 6.45) is 7.42. The fourth-order valence-electron chi connectivity index (χ4n) is 4.68. The monoisotopic (exact) mass is 662 g/mol. The first-order valence-electron chi connectivity index (χ1n) is 12.5. The summed E-state index contributed by atoms with van der Waals surface area (Å²) in [5.74, 6) is 1.01. The van der Waals surface area contributed by atoms with Gasteiger partial charge in [-0.15, -0.1) is 71.8 Å². The second-order valence-electron chi connectivity index (χ2n) is 10.4. The van der Waals surface area contributed by atoms with Crippen molar-refractivity contribution in [2.75, 3.05) is 0 Å². The van der Waals surface area contributed by atoms with Crippen LogP contribution < -0.4 is 0 Å². The Hall–Kier alpha value is -3.33. The van der Waals surface area contributed by atoms with Gasteiger partial charge in [-0.2, -0.15) is 0 Å². The molecule has 5 aromatic rings. The molecule has 1 radical (unpaired) electrons. The topological polar surface area (TPSA) is 30.7 Å². The van der Waals surface area contributed by atoms with E-state index in [0.717, 1.165) is 34.6 Å². The van der Waals surface area contributed by atoms with E-state index in [1.807, 2.05) is 60.7 Å². The van der Waals surface area contributed by atoms with Gasteiger partial charge in [-0.1, -0.05) is 51.1 Å². The van der Waals surface area contributed by atoms with Gasteiger partial charge in [0, 0.05) is 37.9 Å². The van der Waals surface area contributed by atoms with Crippen LogP contribution in [-0.4, -0.2) is 14.5 Å². The summed E-state index contributed by atoms with van der Waals surface area (Å²) in [4.78, 5) is 9.15. The van der Waals surface area contributed by atoms with Crippen LogP contribution >= 0.6 is 0 Å². The summed E-state index contributed by atoms with van der Waals surface area (Å²) in [5, 5.41) is 0. The molecule has 1 unspecified atom stereocenters. The second kappa shape index (κ2) is 11.4. The molecule has 1 atom stereocenters. The van der Waals surface area contributed by atoms with E-state index in [2.05, 4.69) is 79.7 Å².